The topological polar surface area (TPSA) is 35.6 Å². The molecule has 2 aliphatic heterocycles. The van der Waals surface area contributed by atoms with Crippen LogP contribution in [0.15, 0.2) is 0 Å². The third-order valence-electron chi connectivity index (χ3n) is 4.73. The SMILES string of the molecule is CCC1CN(C(=O)[C@H]2CCN[C@@H](C)C2)CCN1CC(F)F.Cl. The minimum Gasteiger partial charge on any atom is -0.340 e. The lowest BCUT2D eigenvalue weighted by Gasteiger charge is -2.42. The maximum atomic E-state index is 12.6. The largest absolute Gasteiger partial charge is 0.340 e. The zero-order chi connectivity index (χ0) is 15.4. The van der Waals surface area contributed by atoms with Gasteiger partial charge in [-0.1, -0.05) is 6.92 Å². The van der Waals surface area contributed by atoms with E-state index in [-0.39, 0.29) is 36.8 Å². The molecule has 2 heterocycles. The molecule has 22 heavy (non-hydrogen) atoms. The lowest BCUT2D eigenvalue weighted by atomic mass is 9.91. The van der Waals surface area contributed by atoms with Crippen molar-refractivity contribution in [1.82, 2.24) is 15.1 Å². The molecular weight excluding hydrogens is 312 g/mol. The zero-order valence-corrected chi connectivity index (χ0v) is 14.2. The lowest BCUT2D eigenvalue weighted by Crippen LogP contribution is -2.57. The Morgan fingerprint density at radius 1 is 1.36 bits per heavy atom. The fourth-order valence-corrected chi connectivity index (χ4v) is 3.51. The fourth-order valence-electron chi connectivity index (χ4n) is 3.51. The van der Waals surface area contributed by atoms with E-state index >= 15 is 0 Å². The number of piperazine rings is 1. The van der Waals surface area contributed by atoms with Crippen LogP contribution in [0.4, 0.5) is 8.78 Å². The van der Waals surface area contributed by atoms with E-state index in [9.17, 15) is 13.6 Å². The van der Waals surface area contributed by atoms with Crippen LogP contribution in [0.5, 0.6) is 0 Å². The van der Waals surface area contributed by atoms with Gasteiger partial charge in [-0.25, -0.2) is 8.78 Å². The molecule has 0 bridgehead atoms. The number of nitrogens with one attached hydrogen (secondary N) is 1. The van der Waals surface area contributed by atoms with Gasteiger partial charge in [-0.05, 0) is 32.7 Å². The Morgan fingerprint density at radius 2 is 2.09 bits per heavy atom. The highest BCUT2D eigenvalue weighted by Gasteiger charge is 2.34. The first kappa shape index (κ1) is 19.6. The smallest absolute Gasteiger partial charge is 0.251 e. The van der Waals surface area contributed by atoms with Crippen LogP contribution in [0.25, 0.3) is 0 Å². The van der Waals surface area contributed by atoms with Crippen molar-refractivity contribution in [3.05, 3.63) is 0 Å². The van der Waals surface area contributed by atoms with E-state index in [1.54, 1.807) is 0 Å². The molecule has 2 fully saturated rings. The van der Waals surface area contributed by atoms with Crippen LogP contribution in [0, 0.1) is 5.92 Å². The summed E-state index contributed by atoms with van der Waals surface area (Å²) in [5.41, 5.74) is 0. The second kappa shape index (κ2) is 8.99. The third kappa shape index (κ3) is 5.03. The first-order valence-corrected chi connectivity index (χ1v) is 8.05. The number of hydrogen-bond acceptors (Lipinski definition) is 3. The van der Waals surface area contributed by atoms with Crippen molar-refractivity contribution < 1.29 is 13.6 Å². The number of carbonyl (C=O) groups is 1. The van der Waals surface area contributed by atoms with Gasteiger partial charge < -0.3 is 10.2 Å². The summed E-state index contributed by atoms with van der Waals surface area (Å²) in [5, 5.41) is 3.36. The van der Waals surface area contributed by atoms with Crippen molar-refractivity contribution in [2.75, 3.05) is 32.7 Å². The average molecular weight is 340 g/mol. The van der Waals surface area contributed by atoms with Gasteiger partial charge in [-0.3, -0.25) is 9.69 Å². The van der Waals surface area contributed by atoms with Crippen molar-refractivity contribution in [2.24, 2.45) is 5.92 Å². The number of halogens is 3. The average Bonchev–Trinajstić information content (AvgIpc) is 2.46. The van der Waals surface area contributed by atoms with Crippen LogP contribution >= 0.6 is 12.4 Å². The molecule has 2 rings (SSSR count). The Hall–Kier alpha value is -0.460. The number of piperidine rings is 1. The molecule has 0 saturated carbocycles. The molecule has 2 saturated heterocycles. The van der Waals surface area contributed by atoms with Gasteiger partial charge in [0.15, 0.2) is 0 Å². The van der Waals surface area contributed by atoms with Gasteiger partial charge in [0.25, 0.3) is 6.43 Å². The van der Waals surface area contributed by atoms with Crippen LogP contribution in [-0.2, 0) is 4.79 Å². The first-order valence-electron chi connectivity index (χ1n) is 8.05. The Labute approximate surface area is 138 Å². The molecule has 3 atom stereocenters. The minimum absolute atomic E-state index is 0. The van der Waals surface area contributed by atoms with E-state index in [4.69, 9.17) is 0 Å². The Bertz CT molecular complexity index is 360. The summed E-state index contributed by atoms with van der Waals surface area (Å²) in [5.74, 6) is 0.318. The quantitative estimate of drug-likeness (QED) is 0.850. The highest BCUT2D eigenvalue weighted by Crippen LogP contribution is 2.22. The fraction of sp³-hybridized carbons (Fsp3) is 0.933. The summed E-state index contributed by atoms with van der Waals surface area (Å²) in [7, 11) is 0. The van der Waals surface area contributed by atoms with E-state index in [0.29, 0.717) is 25.7 Å². The maximum absolute atomic E-state index is 12.6. The van der Waals surface area contributed by atoms with Crippen molar-refractivity contribution in [2.45, 2.75) is 51.6 Å². The van der Waals surface area contributed by atoms with Gasteiger partial charge in [-0.2, -0.15) is 0 Å². The Balaban J connectivity index is 0.00000242. The van der Waals surface area contributed by atoms with E-state index in [0.717, 1.165) is 25.8 Å². The summed E-state index contributed by atoms with van der Waals surface area (Å²) in [6.07, 6.45) is 0.273. The molecule has 1 amide bonds. The monoisotopic (exact) mass is 339 g/mol. The van der Waals surface area contributed by atoms with Gasteiger partial charge in [0, 0.05) is 37.6 Å². The predicted octanol–water partition coefficient (Wildman–Crippen LogP) is 1.98. The number of alkyl halides is 2. The molecule has 0 spiro atoms. The van der Waals surface area contributed by atoms with Gasteiger partial charge in [0.2, 0.25) is 5.91 Å². The first-order chi connectivity index (χ1) is 10.0. The van der Waals surface area contributed by atoms with Crippen molar-refractivity contribution in [1.29, 1.82) is 0 Å². The summed E-state index contributed by atoms with van der Waals surface area (Å²) in [4.78, 5) is 16.4. The molecular formula is C15H28ClF2N3O. The molecule has 1 N–H and O–H groups in total. The number of hydrogen-bond donors (Lipinski definition) is 1. The Kier molecular flexibility index (Phi) is 8.00. The molecule has 0 radical (unpaired) electrons. The normalized spacial score (nSPS) is 30.2. The van der Waals surface area contributed by atoms with E-state index < -0.39 is 6.43 Å². The number of carbonyl (C=O) groups excluding carboxylic acids is 1. The van der Waals surface area contributed by atoms with Gasteiger partial charge in [0.1, 0.15) is 0 Å². The van der Waals surface area contributed by atoms with E-state index in [1.165, 1.54) is 0 Å². The molecule has 2 aliphatic rings. The molecule has 4 nitrogen and oxygen atoms in total. The van der Waals surface area contributed by atoms with Gasteiger partial charge in [0.05, 0.1) is 6.54 Å². The Morgan fingerprint density at radius 3 is 2.68 bits per heavy atom. The molecule has 0 aromatic rings. The highest BCUT2D eigenvalue weighted by molar-refractivity contribution is 5.85. The van der Waals surface area contributed by atoms with Crippen LogP contribution < -0.4 is 5.32 Å². The second-order valence-electron chi connectivity index (χ2n) is 6.31. The summed E-state index contributed by atoms with van der Waals surface area (Å²) in [6, 6.07) is 0.450. The molecule has 0 aliphatic carbocycles. The lowest BCUT2D eigenvalue weighted by molar-refractivity contribution is -0.140. The predicted molar refractivity (Wildman–Crippen MR) is 85.7 cm³/mol. The molecule has 130 valence electrons. The van der Waals surface area contributed by atoms with E-state index in [2.05, 4.69) is 12.2 Å². The number of rotatable bonds is 4. The van der Waals surface area contributed by atoms with Crippen molar-refractivity contribution >= 4 is 18.3 Å². The van der Waals surface area contributed by atoms with Crippen molar-refractivity contribution in [3.8, 4) is 0 Å². The third-order valence-corrected chi connectivity index (χ3v) is 4.73. The number of nitrogens with zero attached hydrogens (tertiary/aromatic N) is 2. The number of amides is 1. The van der Waals surface area contributed by atoms with Crippen LogP contribution in [0.2, 0.25) is 0 Å². The van der Waals surface area contributed by atoms with Crippen LogP contribution in [0.1, 0.15) is 33.1 Å². The molecule has 7 heteroatoms. The second-order valence-corrected chi connectivity index (χ2v) is 6.31. The van der Waals surface area contributed by atoms with E-state index in [1.807, 2.05) is 16.7 Å². The minimum atomic E-state index is -2.30. The van der Waals surface area contributed by atoms with Crippen LogP contribution in [-0.4, -0.2) is 66.9 Å². The molecule has 0 aromatic heterocycles. The van der Waals surface area contributed by atoms with Gasteiger partial charge in [-0.15, -0.1) is 12.4 Å². The zero-order valence-electron chi connectivity index (χ0n) is 13.4. The molecule has 1 unspecified atom stereocenters. The standard InChI is InChI=1S/C15H27F2N3O.ClH/c1-3-13-9-20(7-6-19(13)10-14(16)17)15(21)12-4-5-18-11(2)8-12;/h11-14,18H,3-10H2,1-2H3;1H/t11-,12-,13?;/m0./s1. The highest BCUT2D eigenvalue weighted by atomic mass is 35.5. The van der Waals surface area contributed by atoms with Crippen molar-refractivity contribution in [3.63, 3.8) is 0 Å². The van der Waals surface area contributed by atoms with Crippen LogP contribution in [0.3, 0.4) is 0 Å². The summed E-state index contributed by atoms with van der Waals surface area (Å²) >= 11 is 0. The molecule has 0 aromatic carbocycles. The maximum Gasteiger partial charge on any atom is 0.251 e. The summed E-state index contributed by atoms with van der Waals surface area (Å²) in [6.45, 7) is 6.57. The van der Waals surface area contributed by atoms with Gasteiger partial charge >= 0.3 is 0 Å². The summed E-state index contributed by atoms with van der Waals surface area (Å²) < 4.78 is 25.2.